The molecule has 7 aromatic rings. The second-order valence-electron chi connectivity index (χ2n) is 16.0. The summed E-state index contributed by atoms with van der Waals surface area (Å²) in [7, 11) is 1.35. The van der Waals surface area contributed by atoms with Crippen LogP contribution in [-0.2, 0) is 13.6 Å². The number of nitriles is 2. The Hall–Kier alpha value is -9.08. The standard InChI is InChI=1S/C53H47N9O6/c1-5-6-7-8-29-61-51(66)47(32-55)34(3)49(53(61)68)59-57-39-17-23-42(24-18-39)62(41-21-15-38(16-22-41)56-58-48-33(2)46(31-54)50(65)60(4)52(48)67)40-19-9-35(10-20-40)30-45(36-11-25-43(63)26-12-36)37-13-27-44(64)28-14-37/h9-28,30,63-64,67-68H,5-8,29H2,1-4H3. The number of azo groups is 2. The Labute approximate surface area is 392 Å². The van der Waals surface area contributed by atoms with Crippen molar-refractivity contribution in [2.75, 3.05) is 4.90 Å². The maximum atomic E-state index is 13.1. The number of phenolic OH excluding ortho intramolecular Hbond substituents is 2. The first-order valence-electron chi connectivity index (χ1n) is 21.8. The first-order valence-corrected chi connectivity index (χ1v) is 21.8. The first-order chi connectivity index (χ1) is 32.8. The zero-order valence-electron chi connectivity index (χ0n) is 37.8. The highest BCUT2D eigenvalue weighted by Gasteiger charge is 2.20. The van der Waals surface area contributed by atoms with Gasteiger partial charge in [0.25, 0.3) is 11.1 Å². The van der Waals surface area contributed by atoms with Gasteiger partial charge in [0, 0.05) is 41.8 Å². The van der Waals surface area contributed by atoms with Crippen LogP contribution in [0.5, 0.6) is 23.3 Å². The molecule has 2 heterocycles. The van der Waals surface area contributed by atoms with Crippen LogP contribution < -0.4 is 16.0 Å². The quantitative estimate of drug-likeness (QED) is 0.0435. The average Bonchev–Trinajstić information content (AvgIpc) is 3.34. The van der Waals surface area contributed by atoms with Crippen molar-refractivity contribution in [2.24, 2.45) is 27.5 Å². The number of aromatic nitrogens is 2. The van der Waals surface area contributed by atoms with Gasteiger partial charge < -0.3 is 25.3 Å². The van der Waals surface area contributed by atoms with E-state index in [1.165, 1.54) is 18.5 Å². The smallest absolute Gasteiger partial charge is 0.271 e. The normalized spacial score (nSPS) is 11.1. The lowest BCUT2D eigenvalue weighted by molar-refractivity contribution is 0.399. The Morgan fingerprint density at radius 2 is 1.03 bits per heavy atom. The van der Waals surface area contributed by atoms with E-state index < -0.39 is 17.0 Å². The van der Waals surface area contributed by atoms with Gasteiger partial charge in [0.15, 0.2) is 11.4 Å². The molecule has 0 spiro atoms. The van der Waals surface area contributed by atoms with Crippen molar-refractivity contribution in [1.82, 2.24) is 9.13 Å². The average molecular weight is 906 g/mol. The fourth-order valence-corrected chi connectivity index (χ4v) is 7.58. The zero-order chi connectivity index (χ0) is 48.5. The van der Waals surface area contributed by atoms with Crippen molar-refractivity contribution in [3.63, 3.8) is 0 Å². The van der Waals surface area contributed by atoms with Crippen LogP contribution in [0.3, 0.4) is 0 Å². The molecule has 0 aliphatic rings. The van der Waals surface area contributed by atoms with Gasteiger partial charge in [0.2, 0.25) is 11.8 Å². The third kappa shape index (κ3) is 10.1. The largest absolute Gasteiger partial charge is 0.508 e. The van der Waals surface area contributed by atoms with Crippen molar-refractivity contribution in [3.05, 3.63) is 181 Å². The van der Waals surface area contributed by atoms with Crippen molar-refractivity contribution in [3.8, 4) is 35.4 Å². The monoisotopic (exact) mass is 905 g/mol. The molecule has 0 atom stereocenters. The van der Waals surface area contributed by atoms with E-state index in [-0.39, 0.29) is 57.6 Å². The topological polar surface area (TPSA) is 225 Å². The lowest BCUT2D eigenvalue weighted by atomic mass is 9.95. The Morgan fingerprint density at radius 1 is 0.588 bits per heavy atom. The van der Waals surface area contributed by atoms with Crippen LogP contribution in [0, 0.1) is 36.5 Å². The van der Waals surface area contributed by atoms with Gasteiger partial charge in [0.05, 0.1) is 11.4 Å². The molecule has 0 bridgehead atoms. The lowest BCUT2D eigenvalue weighted by Gasteiger charge is -2.25. The van der Waals surface area contributed by atoms with E-state index in [1.54, 1.807) is 55.5 Å². The molecule has 0 aliphatic heterocycles. The van der Waals surface area contributed by atoms with E-state index in [2.05, 4.69) is 27.4 Å². The van der Waals surface area contributed by atoms with Crippen molar-refractivity contribution < 1.29 is 20.4 Å². The van der Waals surface area contributed by atoms with Crippen molar-refractivity contribution >= 4 is 51.5 Å². The number of rotatable bonds is 15. The molecule has 7 rings (SSSR count). The summed E-state index contributed by atoms with van der Waals surface area (Å²) in [6.45, 7) is 5.41. The SMILES string of the molecule is CCCCCCn1c(O)c(N=Nc2ccc(N(c3ccc(C=C(c4ccc(O)cc4)c4ccc(O)cc4)cc3)c3ccc(N=Nc4c(C)c(C#N)c(=O)n(C)c4O)cc3)cc2)c(C)c(C#N)c1=O. The summed E-state index contributed by atoms with van der Waals surface area (Å²) in [6, 6.07) is 39.9. The minimum absolute atomic E-state index is 0.000359. The number of pyridine rings is 2. The number of unbranched alkanes of at least 4 members (excludes halogenated alkanes) is 3. The molecule has 0 fully saturated rings. The van der Waals surface area contributed by atoms with Crippen molar-refractivity contribution in [1.29, 1.82) is 10.5 Å². The van der Waals surface area contributed by atoms with Gasteiger partial charge in [-0.25, -0.2) is 0 Å². The van der Waals surface area contributed by atoms with E-state index in [1.807, 2.05) is 95.9 Å². The van der Waals surface area contributed by atoms with Crippen LogP contribution >= 0.6 is 0 Å². The Morgan fingerprint density at radius 3 is 1.49 bits per heavy atom. The molecule has 0 amide bonds. The summed E-state index contributed by atoms with van der Waals surface area (Å²) in [5.74, 6) is -0.480. The lowest BCUT2D eigenvalue weighted by Crippen LogP contribution is -2.24. The molecule has 68 heavy (non-hydrogen) atoms. The molecule has 5 aromatic carbocycles. The van der Waals surface area contributed by atoms with E-state index in [0.717, 1.165) is 63.2 Å². The molecule has 0 aliphatic carbocycles. The molecule has 15 nitrogen and oxygen atoms in total. The molecule has 4 N–H and O–H groups in total. The van der Waals surface area contributed by atoms with Gasteiger partial charge in [-0.2, -0.15) is 20.8 Å². The number of anilines is 3. The van der Waals surface area contributed by atoms with Gasteiger partial charge in [-0.05, 0) is 134 Å². The van der Waals surface area contributed by atoms with Crippen LogP contribution in [0.2, 0.25) is 0 Å². The number of aromatic hydroxyl groups is 4. The number of benzene rings is 5. The summed E-state index contributed by atoms with van der Waals surface area (Å²) in [4.78, 5) is 27.6. The second kappa shape index (κ2) is 20.8. The first kappa shape index (κ1) is 46.9. The van der Waals surface area contributed by atoms with Gasteiger partial charge in [-0.3, -0.25) is 18.7 Å². The maximum Gasteiger partial charge on any atom is 0.271 e. The molecule has 2 aromatic heterocycles. The van der Waals surface area contributed by atoms with E-state index >= 15 is 0 Å². The van der Waals surface area contributed by atoms with Crippen LogP contribution in [0.15, 0.2) is 151 Å². The van der Waals surface area contributed by atoms with Crippen LogP contribution in [0.1, 0.15) is 71.6 Å². The number of nitrogens with zero attached hydrogens (tertiary/aromatic N) is 9. The summed E-state index contributed by atoms with van der Waals surface area (Å²) in [5.41, 5.74) is 5.62. The molecule has 0 saturated carbocycles. The molecule has 0 saturated heterocycles. The predicted molar refractivity (Wildman–Crippen MR) is 261 cm³/mol. The molecular weight excluding hydrogens is 859 g/mol. The van der Waals surface area contributed by atoms with Crippen LogP contribution in [0.25, 0.3) is 11.6 Å². The molecule has 340 valence electrons. The summed E-state index contributed by atoms with van der Waals surface area (Å²) in [6.07, 6.45) is 5.53. The Bertz CT molecular complexity index is 3220. The highest BCUT2D eigenvalue weighted by molar-refractivity contribution is 5.92. The van der Waals surface area contributed by atoms with E-state index in [9.17, 15) is 40.5 Å². The second-order valence-corrected chi connectivity index (χ2v) is 16.0. The summed E-state index contributed by atoms with van der Waals surface area (Å²) < 4.78 is 2.13. The third-order valence-electron chi connectivity index (χ3n) is 11.5. The van der Waals surface area contributed by atoms with Gasteiger partial charge in [0.1, 0.15) is 34.8 Å². The Kier molecular flexibility index (Phi) is 14.4. The van der Waals surface area contributed by atoms with Gasteiger partial charge >= 0.3 is 0 Å². The zero-order valence-corrected chi connectivity index (χ0v) is 37.8. The van der Waals surface area contributed by atoms with E-state index in [4.69, 9.17) is 0 Å². The van der Waals surface area contributed by atoms with E-state index in [0.29, 0.717) is 17.8 Å². The van der Waals surface area contributed by atoms with Gasteiger partial charge in [-0.1, -0.05) is 62.6 Å². The Balaban J connectivity index is 1.25. The fraction of sp³-hybridized carbons (Fsp3) is 0.170. The number of phenols is 2. The fourth-order valence-electron chi connectivity index (χ4n) is 7.58. The number of hydrogen-bond acceptors (Lipinski definition) is 13. The molecular formula is C53H47N9O6. The minimum atomic E-state index is -0.638. The summed E-state index contributed by atoms with van der Waals surface area (Å²) >= 11 is 0. The summed E-state index contributed by atoms with van der Waals surface area (Å²) in [5, 5.41) is 78.5. The van der Waals surface area contributed by atoms with Gasteiger partial charge in [-0.15, -0.1) is 10.2 Å². The van der Waals surface area contributed by atoms with Crippen LogP contribution in [-0.4, -0.2) is 29.6 Å². The van der Waals surface area contributed by atoms with Crippen molar-refractivity contribution in [2.45, 2.75) is 53.0 Å². The van der Waals surface area contributed by atoms with Crippen LogP contribution in [0.4, 0.5) is 39.8 Å². The molecule has 15 heteroatoms. The number of hydrogen-bond donors (Lipinski definition) is 4. The maximum absolute atomic E-state index is 13.1. The highest BCUT2D eigenvalue weighted by Crippen LogP contribution is 2.39. The third-order valence-corrected chi connectivity index (χ3v) is 11.5. The molecule has 0 radical (unpaired) electrons. The highest BCUT2D eigenvalue weighted by atomic mass is 16.3. The molecule has 0 unspecified atom stereocenters. The minimum Gasteiger partial charge on any atom is -0.508 e. The predicted octanol–water partition coefficient (Wildman–Crippen LogP) is 12.2.